The van der Waals surface area contributed by atoms with Crippen molar-refractivity contribution in [2.45, 2.75) is 160 Å². The number of rotatable bonds is 23. The van der Waals surface area contributed by atoms with Gasteiger partial charge in [0.15, 0.2) is 31.3 Å². The predicted molar refractivity (Wildman–Crippen MR) is 293 cm³/mol. The Morgan fingerprint density at radius 2 is 1.24 bits per heavy atom. The van der Waals surface area contributed by atoms with Crippen molar-refractivity contribution in [1.29, 1.82) is 0 Å². The minimum atomic E-state index is -2.11. The van der Waals surface area contributed by atoms with E-state index in [1.165, 1.54) is 14.2 Å². The van der Waals surface area contributed by atoms with Gasteiger partial charge in [-0.15, -0.1) is 0 Å². The average Bonchev–Trinajstić information content (AvgIpc) is 4.05. The molecule has 18 heteroatoms. The molecular formula is C54H82N4O11S2Si. The molecule has 2 atom stereocenters. The first kappa shape index (κ1) is 58.4. The molecular weight excluding hydrogens is 973 g/mol. The summed E-state index contributed by atoms with van der Waals surface area (Å²) in [5.74, 6) is 1.84. The number of carbonyl (C=O) groups excluding carboxylic acids is 4. The van der Waals surface area contributed by atoms with Crippen molar-refractivity contribution in [3.8, 4) is 23.0 Å². The van der Waals surface area contributed by atoms with Crippen LogP contribution in [-0.4, -0.2) is 124 Å². The smallest absolute Gasteiger partial charge is 0.412 e. The highest BCUT2D eigenvalue weighted by atomic mass is 33.1. The van der Waals surface area contributed by atoms with Gasteiger partial charge in [0.05, 0.1) is 67.3 Å². The summed E-state index contributed by atoms with van der Waals surface area (Å²) in [5, 5.41) is 5.69. The number of amides is 4. The Hall–Kier alpha value is -4.52. The highest BCUT2D eigenvalue weighted by Crippen LogP contribution is 2.48. The third kappa shape index (κ3) is 15.7. The Kier molecular flexibility index (Phi) is 20.8. The molecule has 400 valence electrons. The zero-order valence-corrected chi connectivity index (χ0v) is 47.7. The van der Waals surface area contributed by atoms with Crippen LogP contribution in [0.5, 0.6) is 23.0 Å². The van der Waals surface area contributed by atoms with Crippen molar-refractivity contribution >= 4 is 65.3 Å². The third-order valence-electron chi connectivity index (χ3n) is 13.7. The molecule has 0 aromatic heterocycles. The number of likely N-dealkylation sites (tertiary alicyclic amines) is 2. The Morgan fingerprint density at radius 1 is 0.736 bits per heavy atom. The van der Waals surface area contributed by atoms with Crippen molar-refractivity contribution < 1.29 is 52.0 Å². The lowest BCUT2D eigenvalue weighted by molar-refractivity contribution is 0.0634. The summed E-state index contributed by atoms with van der Waals surface area (Å²) in [7, 11) is 4.50. The number of unbranched alkanes of at least 4 members (excludes halogenated alkanes) is 2. The summed E-state index contributed by atoms with van der Waals surface area (Å²) < 4.78 is 42.0. The molecule has 3 fully saturated rings. The van der Waals surface area contributed by atoms with Gasteiger partial charge in [0.2, 0.25) is 0 Å². The number of anilines is 2. The Bertz CT molecular complexity index is 2260. The number of methoxy groups -OCH3 is 2. The van der Waals surface area contributed by atoms with Crippen LogP contribution in [0.3, 0.4) is 0 Å². The molecule has 1 aliphatic carbocycles. The normalized spacial score (nSPS) is 18.0. The first-order valence-electron chi connectivity index (χ1n) is 25.5. The van der Waals surface area contributed by atoms with Crippen molar-refractivity contribution in [1.82, 2.24) is 9.80 Å². The van der Waals surface area contributed by atoms with E-state index in [0.29, 0.717) is 81.6 Å². The molecule has 2 N–H and O–H groups in total. The van der Waals surface area contributed by atoms with Crippen LogP contribution in [0.15, 0.2) is 48.6 Å². The van der Waals surface area contributed by atoms with Gasteiger partial charge in [0, 0.05) is 37.0 Å². The maximum Gasteiger partial charge on any atom is 0.412 e. The zero-order valence-electron chi connectivity index (χ0n) is 45.1. The second kappa shape index (κ2) is 25.6. The van der Waals surface area contributed by atoms with E-state index in [-0.39, 0.29) is 62.8 Å². The molecule has 2 heterocycles. The van der Waals surface area contributed by atoms with Crippen LogP contribution in [-0.2, 0) is 13.9 Å². The Morgan fingerprint density at radius 3 is 1.71 bits per heavy atom. The highest BCUT2D eigenvalue weighted by molar-refractivity contribution is 8.77. The summed E-state index contributed by atoms with van der Waals surface area (Å²) in [6.07, 6.45) is 6.90. The van der Waals surface area contributed by atoms with Crippen molar-refractivity contribution in [2.24, 2.45) is 0 Å². The van der Waals surface area contributed by atoms with E-state index in [4.69, 9.17) is 32.8 Å². The molecule has 2 aromatic carbocycles. The van der Waals surface area contributed by atoms with Crippen LogP contribution >= 0.6 is 21.6 Å². The van der Waals surface area contributed by atoms with Gasteiger partial charge in [-0.3, -0.25) is 20.2 Å². The van der Waals surface area contributed by atoms with Gasteiger partial charge < -0.3 is 42.6 Å². The summed E-state index contributed by atoms with van der Waals surface area (Å²) in [5.41, 5.74) is 2.13. The van der Waals surface area contributed by atoms with E-state index in [1.807, 2.05) is 6.92 Å². The van der Waals surface area contributed by atoms with Crippen molar-refractivity contribution in [3.63, 3.8) is 0 Å². The lowest BCUT2D eigenvalue weighted by atomic mass is 10.1. The summed E-state index contributed by atoms with van der Waals surface area (Å²) >= 11 is 0. The second-order valence-electron chi connectivity index (χ2n) is 21.6. The fourth-order valence-electron chi connectivity index (χ4n) is 8.76. The first-order valence-corrected chi connectivity index (χ1v) is 30.7. The van der Waals surface area contributed by atoms with Gasteiger partial charge in [-0.2, -0.15) is 0 Å². The molecule has 0 spiro atoms. The van der Waals surface area contributed by atoms with E-state index in [1.54, 1.807) is 76.4 Å². The SMILES string of the molecule is C=C1C[C@@H](CC)N(C(=O)c2cc(OC)c(OCCCCCOc3cc(NC(=O)OC(C)(C)C)c(C(=O)N4CC(=C)C[C@H]4CO[Si](C)(C)C(C)(C)C)cc3OC)cc2NC(=O)OCC2(SSCC)CCCC2)C1. The van der Waals surface area contributed by atoms with Gasteiger partial charge in [-0.25, -0.2) is 9.59 Å². The van der Waals surface area contributed by atoms with Gasteiger partial charge >= 0.3 is 12.2 Å². The standard InChI is InChI=1S/C54H82N4O11S2Si/c1-15-38-26-36(3)32-57(38)48(59)40-28-44(63-11)46(30-42(40)55-50(61)67-35-54(71-70-16-2)22-18-19-23-54)65-24-20-17-21-25-66-47-31-43(56-51(62)69-52(5,6)7)41(29-45(47)64-12)49(60)58-33-37(4)27-39(58)34-68-72(13,14)53(8,9)10/h28-31,38-39H,3-4,15-27,32-35H2,1-2,5-14H3,(H,55,61)(H,56,62)/t38-,39+/m1/s1. The van der Waals surface area contributed by atoms with Crippen LogP contribution in [0.4, 0.5) is 21.0 Å². The number of ether oxygens (including phenoxy) is 6. The number of hydrogen-bond acceptors (Lipinski definition) is 13. The number of nitrogens with one attached hydrogen (secondary N) is 2. The molecule has 72 heavy (non-hydrogen) atoms. The Balaban J connectivity index is 1.27. The monoisotopic (exact) mass is 1050 g/mol. The maximum absolute atomic E-state index is 14.5. The van der Waals surface area contributed by atoms with Gasteiger partial charge in [-0.05, 0) is 102 Å². The zero-order chi connectivity index (χ0) is 53.0. The van der Waals surface area contributed by atoms with E-state index < -0.39 is 26.1 Å². The quantitative estimate of drug-likeness (QED) is 0.0468. The van der Waals surface area contributed by atoms with Crippen LogP contribution in [0.2, 0.25) is 18.1 Å². The molecule has 0 bridgehead atoms. The molecule has 3 aliphatic rings. The summed E-state index contributed by atoms with van der Waals surface area (Å²) in [4.78, 5) is 59.0. The lowest BCUT2D eigenvalue weighted by Crippen LogP contribution is -2.46. The number of nitrogens with zero attached hydrogens (tertiary/aromatic N) is 2. The van der Waals surface area contributed by atoms with Gasteiger partial charge in [-0.1, -0.05) is 93.4 Å². The van der Waals surface area contributed by atoms with Gasteiger partial charge in [0.25, 0.3) is 11.8 Å². The van der Waals surface area contributed by atoms with Crippen LogP contribution in [0.1, 0.15) is 140 Å². The second-order valence-corrected chi connectivity index (χ2v) is 29.5. The van der Waals surface area contributed by atoms with E-state index in [0.717, 1.165) is 55.4 Å². The molecule has 0 unspecified atom stereocenters. The van der Waals surface area contributed by atoms with Crippen LogP contribution < -0.4 is 29.6 Å². The lowest BCUT2D eigenvalue weighted by Gasteiger charge is -2.38. The fourth-order valence-corrected chi connectivity index (χ4v) is 12.5. The minimum Gasteiger partial charge on any atom is -0.493 e. The van der Waals surface area contributed by atoms with Gasteiger partial charge in [0.1, 0.15) is 12.2 Å². The molecule has 4 amide bonds. The summed E-state index contributed by atoms with van der Waals surface area (Å²) in [6, 6.07) is 6.24. The average molecular weight is 1060 g/mol. The number of hydrogen-bond donors (Lipinski definition) is 2. The Labute approximate surface area is 438 Å². The third-order valence-corrected chi connectivity index (χ3v) is 21.6. The molecule has 2 aliphatic heterocycles. The minimum absolute atomic E-state index is 0.000671. The van der Waals surface area contributed by atoms with Crippen LogP contribution in [0, 0.1) is 0 Å². The molecule has 2 saturated heterocycles. The fraction of sp³-hybridized carbons (Fsp3) is 0.630. The molecule has 15 nitrogen and oxygen atoms in total. The highest BCUT2D eigenvalue weighted by Gasteiger charge is 2.41. The van der Waals surface area contributed by atoms with E-state index in [9.17, 15) is 19.2 Å². The van der Waals surface area contributed by atoms with Crippen molar-refractivity contribution in [2.75, 3.05) is 70.1 Å². The topological polar surface area (TPSA) is 163 Å². The molecule has 0 radical (unpaired) electrons. The summed E-state index contributed by atoms with van der Waals surface area (Å²) in [6.45, 7) is 30.8. The molecule has 5 rings (SSSR count). The van der Waals surface area contributed by atoms with Crippen LogP contribution in [0.25, 0.3) is 0 Å². The predicted octanol–water partition coefficient (Wildman–Crippen LogP) is 12.9. The number of carbonyl (C=O) groups is 4. The molecule has 1 saturated carbocycles. The first-order chi connectivity index (χ1) is 33.9. The van der Waals surface area contributed by atoms with E-state index >= 15 is 0 Å². The largest absolute Gasteiger partial charge is 0.493 e. The molecule has 2 aromatic rings. The maximum atomic E-state index is 14.5. The van der Waals surface area contributed by atoms with Crippen molar-refractivity contribution in [3.05, 3.63) is 59.7 Å². The van der Waals surface area contributed by atoms with E-state index in [2.05, 4.69) is 64.6 Å². The number of benzene rings is 2.